The zero-order valence-electron chi connectivity index (χ0n) is 13.0. The summed E-state index contributed by atoms with van der Waals surface area (Å²) < 4.78 is 7.35. The molecule has 0 spiro atoms. The van der Waals surface area contributed by atoms with E-state index in [-0.39, 0.29) is 18.2 Å². The van der Waals surface area contributed by atoms with Gasteiger partial charge in [0, 0.05) is 12.7 Å². The maximum absolute atomic E-state index is 12.1. The number of hydrogen-bond donors (Lipinski definition) is 2. The van der Waals surface area contributed by atoms with Crippen LogP contribution < -0.4 is 15.4 Å². The van der Waals surface area contributed by atoms with Gasteiger partial charge in [-0.1, -0.05) is 6.07 Å². The van der Waals surface area contributed by atoms with Gasteiger partial charge < -0.3 is 15.4 Å². The van der Waals surface area contributed by atoms with Gasteiger partial charge in [-0.15, -0.1) is 0 Å². The summed E-state index contributed by atoms with van der Waals surface area (Å²) in [7, 11) is 0. The molecule has 3 rings (SSSR count). The minimum Gasteiger partial charge on any atom is -0.478 e. The molecule has 2 heterocycles. The van der Waals surface area contributed by atoms with Crippen molar-refractivity contribution in [2.75, 3.05) is 10.6 Å². The van der Waals surface area contributed by atoms with E-state index in [2.05, 4.69) is 15.7 Å². The fraction of sp³-hybridized carbons (Fsp3) is 0.312. The Morgan fingerprint density at radius 1 is 1.48 bits per heavy atom. The van der Waals surface area contributed by atoms with Gasteiger partial charge in [0.2, 0.25) is 5.91 Å². The van der Waals surface area contributed by atoms with Crippen LogP contribution >= 0.6 is 0 Å². The number of carbonyl (C=O) groups excluding carboxylic acids is 2. The predicted octanol–water partition coefficient (Wildman–Crippen LogP) is 1.94. The third kappa shape index (κ3) is 3.33. The Morgan fingerprint density at radius 2 is 2.30 bits per heavy atom. The van der Waals surface area contributed by atoms with Crippen molar-refractivity contribution in [1.82, 2.24) is 9.78 Å². The van der Waals surface area contributed by atoms with E-state index in [4.69, 9.17) is 4.74 Å². The molecule has 7 heteroatoms. The van der Waals surface area contributed by atoms with Gasteiger partial charge in [-0.2, -0.15) is 5.10 Å². The highest BCUT2D eigenvalue weighted by atomic mass is 16.5. The van der Waals surface area contributed by atoms with Crippen molar-refractivity contribution in [3.63, 3.8) is 0 Å². The Bertz CT molecular complexity index is 754. The van der Waals surface area contributed by atoms with Gasteiger partial charge in [0.15, 0.2) is 6.10 Å². The van der Waals surface area contributed by atoms with Gasteiger partial charge in [0.05, 0.1) is 24.0 Å². The number of benzene rings is 1. The van der Waals surface area contributed by atoms with Gasteiger partial charge in [-0.3, -0.25) is 14.3 Å². The molecule has 2 N–H and O–H groups in total. The van der Waals surface area contributed by atoms with Crippen LogP contribution in [0, 0.1) is 6.92 Å². The van der Waals surface area contributed by atoms with E-state index in [1.807, 2.05) is 26.0 Å². The number of rotatable bonds is 4. The lowest BCUT2D eigenvalue weighted by molar-refractivity contribution is -0.128. The van der Waals surface area contributed by atoms with Gasteiger partial charge in [-0.25, -0.2) is 0 Å². The van der Waals surface area contributed by atoms with Gasteiger partial charge in [0.25, 0.3) is 5.91 Å². The first kappa shape index (κ1) is 15.1. The van der Waals surface area contributed by atoms with Gasteiger partial charge in [-0.05, 0) is 31.5 Å². The monoisotopic (exact) mass is 314 g/mol. The Morgan fingerprint density at radius 3 is 3.04 bits per heavy atom. The first-order valence-corrected chi connectivity index (χ1v) is 7.45. The number of carbonyl (C=O) groups is 2. The van der Waals surface area contributed by atoms with Crippen LogP contribution in [0.15, 0.2) is 30.6 Å². The summed E-state index contributed by atoms with van der Waals surface area (Å²) in [4.78, 5) is 24.2. The summed E-state index contributed by atoms with van der Waals surface area (Å²) in [6.45, 7) is 4.61. The van der Waals surface area contributed by atoms with E-state index in [1.165, 1.54) is 0 Å². The Kier molecular flexibility index (Phi) is 4.01. The molecular weight excluding hydrogens is 296 g/mol. The van der Waals surface area contributed by atoms with E-state index in [9.17, 15) is 9.59 Å². The number of amides is 2. The van der Waals surface area contributed by atoms with Crippen LogP contribution in [0.5, 0.6) is 5.75 Å². The summed E-state index contributed by atoms with van der Waals surface area (Å²) in [5.74, 6) is -0.0364. The lowest BCUT2D eigenvalue weighted by atomic mass is 10.1. The number of aromatic nitrogens is 2. The van der Waals surface area contributed by atoms with Crippen LogP contribution in [0.1, 0.15) is 18.9 Å². The molecule has 1 aromatic carbocycles. The average Bonchev–Trinajstić information content (AvgIpc) is 2.95. The largest absolute Gasteiger partial charge is 0.478 e. The minimum absolute atomic E-state index is 0.0591. The van der Waals surface area contributed by atoms with Crippen LogP contribution in [0.4, 0.5) is 11.4 Å². The van der Waals surface area contributed by atoms with Crippen LogP contribution in [-0.4, -0.2) is 27.7 Å². The third-order valence-corrected chi connectivity index (χ3v) is 3.57. The summed E-state index contributed by atoms with van der Waals surface area (Å²) in [5.41, 5.74) is 2.26. The smallest absolute Gasteiger partial charge is 0.266 e. The van der Waals surface area contributed by atoms with Crippen LogP contribution in [0.3, 0.4) is 0 Å². The molecule has 0 saturated carbocycles. The number of hydrogen-bond acceptors (Lipinski definition) is 4. The highest BCUT2D eigenvalue weighted by Crippen LogP contribution is 2.31. The SMILES string of the molecule is CCn1cc(NC(=O)CC2Oc3ccc(C)cc3NC2=O)cn1. The molecule has 1 aliphatic rings. The molecule has 2 aromatic rings. The van der Waals surface area contributed by atoms with Crippen LogP contribution in [0.2, 0.25) is 0 Å². The number of nitrogens with zero attached hydrogens (tertiary/aromatic N) is 2. The number of ether oxygens (including phenoxy) is 1. The van der Waals surface area contributed by atoms with Crippen molar-refractivity contribution in [2.24, 2.45) is 0 Å². The summed E-state index contributed by atoms with van der Waals surface area (Å²) >= 11 is 0. The summed E-state index contributed by atoms with van der Waals surface area (Å²) in [5, 5.41) is 9.57. The molecule has 7 nitrogen and oxygen atoms in total. The molecule has 120 valence electrons. The highest BCUT2D eigenvalue weighted by Gasteiger charge is 2.29. The second kappa shape index (κ2) is 6.12. The molecular formula is C16H18N4O3. The lowest BCUT2D eigenvalue weighted by Gasteiger charge is -2.25. The van der Waals surface area contributed by atoms with Gasteiger partial charge in [0.1, 0.15) is 5.75 Å². The number of nitrogens with one attached hydrogen (secondary N) is 2. The summed E-state index contributed by atoms with van der Waals surface area (Å²) in [6.07, 6.45) is 2.40. The molecule has 1 unspecified atom stereocenters. The number of aryl methyl sites for hydroxylation is 2. The molecule has 1 atom stereocenters. The molecule has 1 aliphatic heterocycles. The second-order valence-corrected chi connectivity index (χ2v) is 5.43. The van der Waals surface area contributed by atoms with Gasteiger partial charge >= 0.3 is 0 Å². The normalized spacial score (nSPS) is 16.3. The van der Waals surface area contributed by atoms with Crippen LogP contribution in [-0.2, 0) is 16.1 Å². The van der Waals surface area contributed by atoms with E-state index in [0.29, 0.717) is 17.1 Å². The topological polar surface area (TPSA) is 85.3 Å². The molecule has 23 heavy (non-hydrogen) atoms. The molecule has 0 fully saturated rings. The molecule has 0 aliphatic carbocycles. The highest BCUT2D eigenvalue weighted by molar-refractivity contribution is 6.01. The van der Waals surface area contributed by atoms with Crippen molar-refractivity contribution in [2.45, 2.75) is 32.9 Å². The fourth-order valence-corrected chi connectivity index (χ4v) is 2.38. The average molecular weight is 314 g/mol. The van der Waals surface area contributed by atoms with Crippen molar-refractivity contribution < 1.29 is 14.3 Å². The van der Waals surface area contributed by atoms with Crippen molar-refractivity contribution >= 4 is 23.2 Å². The molecule has 0 saturated heterocycles. The molecule has 1 aromatic heterocycles. The predicted molar refractivity (Wildman–Crippen MR) is 85.4 cm³/mol. The third-order valence-electron chi connectivity index (χ3n) is 3.57. The zero-order chi connectivity index (χ0) is 16.4. The fourth-order valence-electron chi connectivity index (χ4n) is 2.38. The first-order chi connectivity index (χ1) is 11.0. The summed E-state index contributed by atoms with van der Waals surface area (Å²) in [6, 6.07) is 5.52. The maximum atomic E-state index is 12.1. The van der Waals surface area contributed by atoms with E-state index in [0.717, 1.165) is 12.1 Å². The Balaban J connectivity index is 1.64. The zero-order valence-corrected chi connectivity index (χ0v) is 13.0. The molecule has 2 amide bonds. The quantitative estimate of drug-likeness (QED) is 0.903. The van der Waals surface area contributed by atoms with E-state index < -0.39 is 6.10 Å². The van der Waals surface area contributed by atoms with E-state index >= 15 is 0 Å². The Labute approximate surface area is 133 Å². The van der Waals surface area contributed by atoms with E-state index in [1.54, 1.807) is 23.1 Å². The van der Waals surface area contributed by atoms with Crippen molar-refractivity contribution in [3.8, 4) is 5.75 Å². The maximum Gasteiger partial charge on any atom is 0.266 e. The standard InChI is InChI=1S/C16H18N4O3/c1-3-20-9-11(8-17-20)18-15(21)7-14-16(22)19-12-6-10(2)4-5-13(12)23-14/h4-6,8-9,14H,3,7H2,1-2H3,(H,18,21)(H,19,22). The van der Waals surface area contributed by atoms with Crippen LogP contribution in [0.25, 0.3) is 0 Å². The number of fused-ring (bicyclic) bond motifs is 1. The first-order valence-electron chi connectivity index (χ1n) is 7.45. The van der Waals surface area contributed by atoms with Crippen molar-refractivity contribution in [3.05, 3.63) is 36.2 Å². The molecule has 0 bridgehead atoms. The van der Waals surface area contributed by atoms with Crippen molar-refractivity contribution in [1.29, 1.82) is 0 Å². The lowest BCUT2D eigenvalue weighted by Crippen LogP contribution is -2.39. The second-order valence-electron chi connectivity index (χ2n) is 5.43. The Hall–Kier alpha value is -2.83. The number of anilines is 2. The minimum atomic E-state index is -0.841. The molecule has 0 radical (unpaired) electrons.